The van der Waals surface area contributed by atoms with Gasteiger partial charge in [0.1, 0.15) is 0 Å². The van der Waals surface area contributed by atoms with Crippen LogP contribution in [0.15, 0.2) is 53.6 Å². The van der Waals surface area contributed by atoms with E-state index in [0.717, 1.165) is 35.0 Å². The van der Waals surface area contributed by atoms with Crippen molar-refractivity contribution in [3.05, 3.63) is 64.8 Å². The van der Waals surface area contributed by atoms with E-state index in [4.69, 9.17) is 11.6 Å². The number of nitrogens with zero attached hydrogens (tertiary/aromatic N) is 2. The van der Waals surface area contributed by atoms with Crippen LogP contribution < -0.4 is 10.0 Å². The average Bonchev–Trinajstić information content (AvgIpc) is 2.88. The zero-order chi connectivity index (χ0) is 27.1. The van der Waals surface area contributed by atoms with Crippen molar-refractivity contribution < 1.29 is 26.4 Å². The van der Waals surface area contributed by atoms with Gasteiger partial charge >= 0.3 is 12.1 Å². The van der Waals surface area contributed by atoms with Gasteiger partial charge in [-0.2, -0.15) is 13.2 Å². The number of nitrogens with one attached hydrogen (secondary N) is 2. The SMILES string of the molecule is O=C(N1CCc2ccc(S(=O)(=O)N[C@H]3CC[C@@H](Nc4ccnc5cc(Cl)ccc45)CC3)cc2C1)C(F)(F)F. The molecule has 0 bridgehead atoms. The van der Waals surface area contributed by atoms with Crippen LogP contribution in [-0.4, -0.2) is 49.0 Å². The molecule has 1 aliphatic carbocycles. The first kappa shape index (κ1) is 26.7. The van der Waals surface area contributed by atoms with Crippen molar-refractivity contribution in [2.45, 2.75) is 61.8 Å². The number of sulfonamides is 1. The number of rotatable bonds is 5. The van der Waals surface area contributed by atoms with Gasteiger partial charge in [-0.05, 0) is 79.6 Å². The predicted octanol–water partition coefficient (Wildman–Crippen LogP) is 5.04. The Bertz CT molecular complexity index is 1470. The van der Waals surface area contributed by atoms with Gasteiger partial charge in [-0.25, -0.2) is 13.1 Å². The first-order valence-corrected chi connectivity index (χ1v) is 14.2. The minimum Gasteiger partial charge on any atom is -0.382 e. The second-order valence-corrected chi connectivity index (χ2v) is 11.9. The molecular weight excluding hydrogens is 541 g/mol. The summed E-state index contributed by atoms with van der Waals surface area (Å²) < 4.78 is 67.5. The predicted molar refractivity (Wildman–Crippen MR) is 138 cm³/mol. The van der Waals surface area contributed by atoms with Crippen LogP contribution >= 0.6 is 11.6 Å². The van der Waals surface area contributed by atoms with E-state index in [1.54, 1.807) is 18.3 Å². The van der Waals surface area contributed by atoms with Crippen LogP contribution in [0.3, 0.4) is 0 Å². The Morgan fingerprint density at radius 1 is 1.00 bits per heavy atom. The first-order valence-electron chi connectivity index (χ1n) is 12.3. The second kappa shape index (κ2) is 10.3. The molecule has 0 saturated heterocycles. The lowest BCUT2D eigenvalue weighted by Crippen LogP contribution is -2.43. The summed E-state index contributed by atoms with van der Waals surface area (Å²) in [4.78, 5) is 16.7. The molecule has 202 valence electrons. The van der Waals surface area contributed by atoms with Crippen molar-refractivity contribution in [2.75, 3.05) is 11.9 Å². The molecule has 7 nitrogen and oxygen atoms in total. The van der Waals surface area contributed by atoms with Crippen LogP contribution in [0.5, 0.6) is 0 Å². The molecule has 2 aromatic carbocycles. The number of amides is 1. The molecule has 2 heterocycles. The molecule has 1 saturated carbocycles. The maximum atomic E-state index is 13.1. The van der Waals surface area contributed by atoms with Crippen LogP contribution in [0.1, 0.15) is 36.8 Å². The van der Waals surface area contributed by atoms with Gasteiger partial charge in [0.05, 0.1) is 10.4 Å². The summed E-state index contributed by atoms with van der Waals surface area (Å²) in [7, 11) is -3.89. The molecule has 1 aromatic heterocycles. The van der Waals surface area contributed by atoms with Gasteiger partial charge in [0.15, 0.2) is 0 Å². The Morgan fingerprint density at radius 3 is 2.47 bits per heavy atom. The summed E-state index contributed by atoms with van der Waals surface area (Å²) in [5.74, 6) is -1.91. The number of halogens is 4. The Kier molecular flexibility index (Phi) is 7.27. The van der Waals surface area contributed by atoms with Gasteiger partial charge in [-0.1, -0.05) is 17.7 Å². The van der Waals surface area contributed by atoms with Crippen LogP contribution in [0.25, 0.3) is 10.9 Å². The number of fused-ring (bicyclic) bond motifs is 2. The Morgan fingerprint density at radius 2 is 1.74 bits per heavy atom. The van der Waals surface area contributed by atoms with Crippen molar-refractivity contribution in [3.63, 3.8) is 0 Å². The molecule has 2 N–H and O–H groups in total. The Balaban J connectivity index is 1.21. The fraction of sp³-hybridized carbons (Fsp3) is 0.385. The molecule has 0 spiro atoms. The first-order chi connectivity index (χ1) is 18.0. The third kappa shape index (κ3) is 5.74. The summed E-state index contributed by atoms with van der Waals surface area (Å²) in [5, 5.41) is 5.12. The van der Waals surface area contributed by atoms with E-state index in [0.29, 0.717) is 28.3 Å². The molecule has 5 rings (SSSR count). The highest BCUT2D eigenvalue weighted by atomic mass is 35.5. The highest BCUT2D eigenvalue weighted by Gasteiger charge is 2.43. The van der Waals surface area contributed by atoms with Crippen LogP contribution in [0.2, 0.25) is 5.02 Å². The van der Waals surface area contributed by atoms with Gasteiger partial charge in [0.25, 0.3) is 0 Å². The average molecular weight is 567 g/mol. The third-order valence-electron chi connectivity index (χ3n) is 7.14. The summed E-state index contributed by atoms with van der Waals surface area (Å²) in [6.45, 7) is -0.334. The molecule has 38 heavy (non-hydrogen) atoms. The summed E-state index contributed by atoms with van der Waals surface area (Å²) >= 11 is 6.07. The van der Waals surface area contributed by atoms with Crippen molar-refractivity contribution >= 4 is 44.1 Å². The van der Waals surface area contributed by atoms with Crippen molar-refractivity contribution in [3.8, 4) is 0 Å². The topological polar surface area (TPSA) is 91.4 Å². The van der Waals surface area contributed by atoms with Crippen molar-refractivity contribution in [1.29, 1.82) is 0 Å². The number of benzene rings is 2. The molecule has 1 aliphatic heterocycles. The normalized spacial score (nSPS) is 20.3. The Labute approximate surface area is 223 Å². The lowest BCUT2D eigenvalue weighted by molar-refractivity contribution is -0.186. The molecule has 3 aromatic rings. The van der Waals surface area contributed by atoms with E-state index >= 15 is 0 Å². The fourth-order valence-electron chi connectivity index (χ4n) is 5.16. The van der Waals surface area contributed by atoms with Crippen molar-refractivity contribution in [1.82, 2.24) is 14.6 Å². The third-order valence-corrected chi connectivity index (χ3v) is 8.90. The van der Waals surface area contributed by atoms with Crippen molar-refractivity contribution in [2.24, 2.45) is 0 Å². The maximum Gasteiger partial charge on any atom is 0.471 e. The lowest BCUT2D eigenvalue weighted by Gasteiger charge is -2.31. The molecule has 0 unspecified atom stereocenters. The summed E-state index contributed by atoms with van der Waals surface area (Å²) in [6.07, 6.45) is -0.240. The fourth-order valence-corrected chi connectivity index (χ4v) is 6.68. The molecule has 12 heteroatoms. The standard InChI is InChI=1S/C26H26ClF3N4O3S/c27-18-2-8-22-23(9-11-31-24(22)14-18)32-19-3-5-20(6-4-19)33-38(36,37)21-7-1-16-10-12-34(15-17(16)13-21)25(35)26(28,29)30/h1-2,7-9,11,13-14,19-20,33H,3-6,10,12,15H2,(H,31,32)/t19-,20+. The van der Waals surface area contributed by atoms with E-state index in [9.17, 15) is 26.4 Å². The van der Waals surface area contributed by atoms with E-state index < -0.39 is 22.1 Å². The number of carbonyl (C=O) groups excluding carboxylic acids is 1. The van der Waals surface area contributed by atoms with E-state index in [1.165, 1.54) is 12.1 Å². The number of pyridine rings is 1. The number of alkyl halides is 3. The minimum atomic E-state index is -4.96. The minimum absolute atomic E-state index is 0.0141. The molecule has 0 radical (unpaired) electrons. The largest absolute Gasteiger partial charge is 0.471 e. The molecule has 2 aliphatic rings. The Hall–Kier alpha value is -2.89. The maximum absolute atomic E-state index is 13.1. The van der Waals surface area contributed by atoms with E-state index in [2.05, 4.69) is 15.0 Å². The number of carbonyl (C=O) groups is 1. The smallest absolute Gasteiger partial charge is 0.382 e. The number of hydrogen-bond donors (Lipinski definition) is 2. The van der Waals surface area contributed by atoms with Crippen LogP contribution in [-0.2, 0) is 27.8 Å². The second-order valence-electron chi connectivity index (χ2n) is 9.74. The van der Waals surface area contributed by atoms with E-state index in [-0.39, 0.29) is 36.5 Å². The number of hydrogen-bond acceptors (Lipinski definition) is 5. The zero-order valence-corrected chi connectivity index (χ0v) is 21.8. The van der Waals surface area contributed by atoms with Gasteiger partial charge in [-0.15, -0.1) is 0 Å². The van der Waals surface area contributed by atoms with Crippen LogP contribution in [0, 0.1) is 0 Å². The van der Waals surface area contributed by atoms with Gasteiger partial charge in [-0.3, -0.25) is 9.78 Å². The van der Waals surface area contributed by atoms with Gasteiger partial charge in [0, 0.05) is 47.5 Å². The monoisotopic (exact) mass is 566 g/mol. The summed E-state index contributed by atoms with van der Waals surface area (Å²) in [6, 6.07) is 11.8. The van der Waals surface area contributed by atoms with Gasteiger partial charge in [0.2, 0.25) is 10.0 Å². The highest BCUT2D eigenvalue weighted by Crippen LogP contribution is 2.30. The molecule has 1 amide bonds. The van der Waals surface area contributed by atoms with Gasteiger partial charge < -0.3 is 10.2 Å². The summed E-state index contributed by atoms with van der Waals surface area (Å²) in [5.41, 5.74) is 2.89. The molecule has 0 atom stereocenters. The van der Waals surface area contributed by atoms with Crippen LogP contribution in [0.4, 0.5) is 18.9 Å². The quantitative estimate of drug-likeness (QED) is 0.452. The number of aromatic nitrogens is 1. The van der Waals surface area contributed by atoms with E-state index in [1.807, 2.05) is 18.2 Å². The lowest BCUT2D eigenvalue weighted by atomic mass is 9.91. The molecule has 1 fully saturated rings. The molecular formula is C26H26ClF3N4O3S. The zero-order valence-electron chi connectivity index (χ0n) is 20.3. The number of anilines is 1. The highest BCUT2D eigenvalue weighted by molar-refractivity contribution is 7.89.